The number of para-hydroxylation sites is 1. The van der Waals surface area contributed by atoms with Crippen LogP contribution >= 0.6 is 11.6 Å². The molecular formula is C28H28ClFN4O4S. The van der Waals surface area contributed by atoms with E-state index in [0.717, 1.165) is 18.4 Å². The lowest BCUT2D eigenvalue weighted by Gasteiger charge is -2.35. The Kier molecular flexibility index (Phi) is 7.88. The highest BCUT2D eigenvalue weighted by molar-refractivity contribution is 7.92. The first-order valence-corrected chi connectivity index (χ1v) is 14.4. The number of halogens is 2. The number of nitrogens with one attached hydrogen (secondary N) is 1. The number of carbonyl (C=O) groups is 1. The van der Waals surface area contributed by atoms with Crippen LogP contribution in [0, 0.1) is 5.82 Å². The summed E-state index contributed by atoms with van der Waals surface area (Å²) in [4.78, 5) is 21.3. The Morgan fingerprint density at radius 3 is 2.56 bits per heavy atom. The van der Waals surface area contributed by atoms with Crippen LogP contribution in [0.25, 0.3) is 0 Å². The van der Waals surface area contributed by atoms with Crippen LogP contribution in [0.3, 0.4) is 0 Å². The van der Waals surface area contributed by atoms with E-state index in [4.69, 9.17) is 16.3 Å². The van der Waals surface area contributed by atoms with Crippen LogP contribution in [0.1, 0.15) is 27.9 Å². The third-order valence-electron chi connectivity index (χ3n) is 6.89. The van der Waals surface area contributed by atoms with E-state index in [9.17, 15) is 17.6 Å². The molecule has 0 bridgehead atoms. The second kappa shape index (κ2) is 11.3. The molecule has 0 saturated carbocycles. The maximum absolute atomic E-state index is 14.4. The Labute approximate surface area is 232 Å². The van der Waals surface area contributed by atoms with Crippen molar-refractivity contribution in [3.05, 3.63) is 82.1 Å². The van der Waals surface area contributed by atoms with Crippen LogP contribution in [-0.4, -0.2) is 63.6 Å². The Balaban J connectivity index is 1.20. The summed E-state index contributed by atoms with van der Waals surface area (Å²) in [5.74, 6) is -0.117. The Hall–Kier alpha value is -3.47. The van der Waals surface area contributed by atoms with Gasteiger partial charge in [0.25, 0.3) is 15.9 Å². The molecule has 3 aromatic rings. The highest BCUT2D eigenvalue weighted by atomic mass is 35.5. The molecule has 5 rings (SSSR count). The molecule has 2 aliphatic heterocycles. The number of rotatable bonds is 7. The number of hydrogen-bond donors (Lipinski definition) is 1. The van der Waals surface area contributed by atoms with Crippen molar-refractivity contribution in [1.82, 2.24) is 9.80 Å². The summed E-state index contributed by atoms with van der Waals surface area (Å²) in [5, 5.41) is 0.223. The Morgan fingerprint density at radius 1 is 1.10 bits per heavy atom. The van der Waals surface area contributed by atoms with Crippen LogP contribution in [-0.2, 0) is 23.0 Å². The van der Waals surface area contributed by atoms with Gasteiger partial charge in [0.15, 0.2) is 0 Å². The molecule has 0 spiro atoms. The smallest absolute Gasteiger partial charge is 0.264 e. The molecule has 11 heteroatoms. The molecule has 3 aromatic carbocycles. The van der Waals surface area contributed by atoms with Crippen LogP contribution in [0.2, 0.25) is 5.02 Å². The van der Waals surface area contributed by atoms with E-state index >= 15 is 0 Å². The van der Waals surface area contributed by atoms with E-state index in [2.05, 4.69) is 14.6 Å². The van der Waals surface area contributed by atoms with Gasteiger partial charge in [0.05, 0.1) is 17.8 Å². The van der Waals surface area contributed by atoms with Crippen molar-refractivity contribution in [2.75, 3.05) is 38.0 Å². The van der Waals surface area contributed by atoms with Gasteiger partial charge in [-0.25, -0.2) is 12.8 Å². The Morgan fingerprint density at radius 2 is 1.85 bits per heavy atom. The minimum absolute atomic E-state index is 0.130. The average Bonchev–Trinajstić information content (AvgIpc) is 2.94. The molecule has 8 nitrogen and oxygen atoms in total. The zero-order chi connectivity index (χ0) is 27.6. The predicted octanol–water partition coefficient (Wildman–Crippen LogP) is 4.90. The van der Waals surface area contributed by atoms with Gasteiger partial charge in [0.2, 0.25) is 0 Å². The minimum Gasteiger partial charge on any atom is -0.495 e. The molecule has 0 unspecified atom stereocenters. The summed E-state index contributed by atoms with van der Waals surface area (Å²) in [5.41, 5.74) is 2.67. The molecule has 1 N–H and O–H groups in total. The molecule has 0 radical (unpaired) electrons. The van der Waals surface area contributed by atoms with Gasteiger partial charge in [0.1, 0.15) is 16.5 Å². The van der Waals surface area contributed by atoms with E-state index in [1.54, 1.807) is 53.6 Å². The van der Waals surface area contributed by atoms with Gasteiger partial charge in [-0.05, 0) is 60.9 Å². The fourth-order valence-electron chi connectivity index (χ4n) is 4.78. The monoisotopic (exact) mass is 570 g/mol. The molecule has 2 aliphatic rings. The van der Waals surface area contributed by atoms with E-state index in [0.29, 0.717) is 61.0 Å². The fourth-order valence-corrected chi connectivity index (χ4v) is 6.26. The van der Waals surface area contributed by atoms with Gasteiger partial charge < -0.3 is 9.64 Å². The second-order valence-electron chi connectivity index (χ2n) is 9.44. The summed E-state index contributed by atoms with van der Waals surface area (Å²) in [6, 6.07) is 14.4. The zero-order valence-electron chi connectivity index (χ0n) is 21.4. The molecule has 0 aromatic heterocycles. The third kappa shape index (κ3) is 5.93. The summed E-state index contributed by atoms with van der Waals surface area (Å²) in [6.07, 6.45) is 3.26. The van der Waals surface area contributed by atoms with Gasteiger partial charge in [-0.3, -0.25) is 19.4 Å². The van der Waals surface area contributed by atoms with E-state index in [1.165, 1.54) is 13.2 Å². The predicted molar refractivity (Wildman–Crippen MR) is 149 cm³/mol. The summed E-state index contributed by atoms with van der Waals surface area (Å²) >= 11 is 5.99. The first-order chi connectivity index (χ1) is 18.7. The van der Waals surface area contributed by atoms with Gasteiger partial charge in [-0.15, -0.1) is 0 Å². The molecular weight excluding hydrogens is 543 g/mol. The van der Waals surface area contributed by atoms with Gasteiger partial charge in [-0.1, -0.05) is 23.7 Å². The van der Waals surface area contributed by atoms with Crippen molar-refractivity contribution in [2.45, 2.75) is 24.3 Å². The molecule has 0 aliphatic carbocycles. The highest BCUT2D eigenvalue weighted by Gasteiger charge is 2.25. The van der Waals surface area contributed by atoms with Crippen LogP contribution in [0.4, 0.5) is 15.8 Å². The molecule has 204 valence electrons. The van der Waals surface area contributed by atoms with Crippen molar-refractivity contribution >= 4 is 45.1 Å². The SMILES string of the molecule is COc1cc(CN2CCN(C(=O)c3ccc(NS(=O)(=O)c4cccc5c4N=CCC5)cc3)CC2)c(F)cc1Cl. The van der Waals surface area contributed by atoms with Crippen LogP contribution < -0.4 is 9.46 Å². The number of aryl methyl sites for hydroxylation is 1. The van der Waals surface area contributed by atoms with Gasteiger partial charge in [0, 0.05) is 55.8 Å². The number of sulfonamides is 1. The first-order valence-electron chi connectivity index (χ1n) is 12.6. The van der Waals surface area contributed by atoms with Gasteiger partial charge >= 0.3 is 0 Å². The number of ether oxygens (including phenoxy) is 1. The Bertz CT molecular complexity index is 1520. The normalized spacial score (nSPS) is 15.6. The van der Waals surface area contributed by atoms with Crippen molar-refractivity contribution < 1.29 is 22.3 Å². The van der Waals surface area contributed by atoms with E-state index in [-0.39, 0.29) is 15.8 Å². The standard InChI is InChI=1S/C28H28ClFN4O4S/c1-38-25-16-21(24(30)17-23(25)29)18-33-12-14-34(15-13-33)28(35)20-7-9-22(10-8-20)32-39(36,37)26-6-2-4-19-5-3-11-31-27(19)26/h2,4,6-11,16-17,32H,3,5,12-15,18H2,1H3. The lowest BCUT2D eigenvalue weighted by atomic mass is 10.1. The summed E-state index contributed by atoms with van der Waals surface area (Å²) in [7, 11) is -2.37. The topological polar surface area (TPSA) is 91.3 Å². The number of anilines is 1. The minimum atomic E-state index is -3.86. The van der Waals surface area contributed by atoms with Crippen molar-refractivity contribution in [3.8, 4) is 5.75 Å². The number of amides is 1. The van der Waals surface area contributed by atoms with E-state index in [1.807, 2.05) is 6.07 Å². The average molecular weight is 571 g/mol. The van der Waals surface area contributed by atoms with Crippen molar-refractivity contribution in [2.24, 2.45) is 4.99 Å². The maximum Gasteiger partial charge on any atom is 0.264 e. The maximum atomic E-state index is 14.4. The lowest BCUT2D eigenvalue weighted by molar-refractivity contribution is 0.0627. The van der Waals surface area contributed by atoms with Crippen LogP contribution in [0.5, 0.6) is 5.75 Å². The number of hydrogen-bond acceptors (Lipinski definition) is 6. The summed E-state index contributed by atoms with van der Waals surface area (Å²) < 4.78 is 48.3. The third-order valence-corrected chi connectivity index (χ3v) is 8.60. The fraction of sp³-hybridized carbons (Fsp3) is 0.286. The van der Waals surface area contributed by atoms with E-state index < -0.39 is 15.8 Å². The first kappa shape index (κ1) is 27.1. The molecule has 2 heterocycles. The number of benzene rings is 3. The number of aliphatic imine (C=N–C) groups is 1. The molecule has 1 amide bonds. The molecule has 39 heavy (non-hydrogen) atoms. The van der Waals surface area contributed by atoms with Crippen molar-refractivity contribution in [1.29, 1.82) is 0 Å². The molecule has 0 atom stereocenters. The van der Waals surface area contributed by atoms with Crippen molar-refractivity contribution in [3.63, 3.8) is 0 Å². The number of nitrogens with zero attached hydrogens (tertiary/aromatic N) is 3. The lowest BCUT2D eigenvalue weighted by Crippen LogP contribution is -2.48. The zero-order valence-corrected chi connectivity index (χ0v) is 22.9. The second-order valence-corrected chi connectivity index (χ2v) is 11.5. The van der Waals surface area contributed by atoms with Gasteiger partial charge in [-0.2, -0.15) is 0 Å². The van der Waals surface area contributed by atoms with Crippen LogP contribution in [0.15, 0.2) is 64.5 Å². The highest BCUT2D eigenvalue weighted by Crippen LogP contribution is 2.33. The number of piperazine rings is 1. The number of methoxy groups -OCH3 is 1. The molecule has 1 fully saturated rings. The molecule has 1 saturated heterocycles. The quantitative estimate of drug-likeness (QED) is 0.436. The number of fused-ring (bicyclic) bond motifs is 1. The number of carbonyl (C=O) groups excluding carboxylic acids is 1. The summed E-state index contributed by atoms with van der Waals surface area (Å²) in [6.45, 7) is 2.51. The largest absolute Gasteiger partial charge is 0.495 e.